The van der Waals surface area contributed by atoms with Crippen molar-refractivity contribution in [3.05, 3.63) is 47.7 Å². The first-order chi connectivity index (χ1) is 11.1. The Morgan fingerprint density at radius 3 is 3.00 bits per heavy atom. The molecule has 0 spiro atoms. The summed E-state index contributed by atoms with van der Waals surface area (Å²) in [5.74, 6) is 0.333. The van der Waals surface area contributed by atoms with Gasteiger partial charge < -0.3 is 4.98 Å². The van der Waals surface area contributed by atoms with E-state index in [4.69, 9.17) is 0 Å². The average Bonchev–Trinajstić information content (AvgIpc) is 3.09. The van der Waals surface area contributed by atoms with Crippen molar-refractivity contribution in [2.45, 2.75) is 10.8 Å². The highest BCUT2D eigenvalue weighted by molar-refractivity contribution is 7.86. The number of nitrogens with one attached hydrogen (secondary N) is 1. The molecule has 1 aromatic carbocycles. The van der Waals surface area contributed by atoms with E-state index in [0.717, 1.165) is 27.8 Å². The molecule has 0 bridgehead atoms. The first kappa shape index (κ1) is 14.4. The molecule has 0 fully saturated rings. The van der Waals surface area contributed by atoms with E-state index in [-0.39, 0.29) is 5.82 Å². The summed E-state index contributed by atoms with van der Waals surface area (Å²) in [5, 5.41) is 0. The van der Waals surface area contributed by atoms with Crippen LogP contribution in [0.4, 0.5) is 4.39 Å². The number of benzene rings is 1. The maximum Gasteiger partial charge on any atom is 0.181 e. The molecule has 0 saturated heterocycles. The summed E-state index contributed by atoms with van der Waals surface area (Å²) in [5.41, 5.74) is 2.98. The second-order valence-electron chi connectivity index (χ2n) is 5.12. The summed E-state index contributed by atoms with van der Waals surface area (Å²) in [6, 6.07) is 7.28. The number of rotatable bonds is 3. The van der Waals surface area contributed by atoms with Crippen LogP contribution in [0.3, 0.4) is 0 Å². The molecular weight excluding hydrogens is 335 g/mol. The quantitative estimate of drug-likeness (QED) is 0.619. The first-order valence-electron chi connectivity index (χ1n) is 6.81. The second kappa shape index (κ2) is 5.47. The Balaban J connectivity index is 1.69. The highest BCUT2D eigenvalue weighted by atomic mass is 32.2. The van der Waals surface area contributed by atoms with Gasteiger partial charge in [-0.05, 0) is 17.7 Å². The van der Waals surface area contributed by atoms with Crippen molar-refractivity contribution in [2.24, 2.45) is 0 Å². The van der Waals surface area contributed by atoms with Crippen LogP contribution in [-0.4, -0.2) is 30.4 Å². The molecule has 1 unspecified atom stereocenters. The molecule has 5 nitrogen and oxygen atoms in total. The van der Waals surface area contributed by atoms with Gasteiger partial charge in [-0.3, -0.25) is 4.21 Å². The van der Waals surface area contributed by atoms with Gasteiger partial charge in [-0.1, -0.05) is 6.07 Å². The summed E-state index contributed by atoms with van der Waals surface area (Å²) in [6.07, 6.45) is 3.36. The summed E-state index contributed by atoms with van der Waals surface area (Å²) in [7, 11) is -1.07. The Hall–Kier alpha value is -2.19. The Bertz CT molecular complexity index is 1060. The lowest BCUT2D eigenvalue weighted by molar-refractivity contribution is 0.624. The fraction of sp³-hybridized carbons (Fsp3) is 0.133. The van der Waals surface area contributed by atoms with Gasteiger partial charge in [-0.25, -0.2) is 19.3 Å². The van der Waals surface area contributed by atoms with Gasteiger partial charge in [0, 0.05) is 18.7 Å². The third kappa shape index (κ3) is 2.75. The number of halogens is 1. The molecule has 0 aliphatic heterocycles. The number of aromatic nitrogens is 4. The number of hydrogen-bond acceptors (Lipinski definition) is 5. The lowest BCUT2D eigenvalue weighted by Crippen LogP contribution is -1.90. The molecular formula is C15H11FN4OS2. The maximum absolute atomic E-state index is 13.2. The smallest absolute Gasteiger partial charge is 0.181 e. The standard InChI is InChI=1S/C15H11FN4OS2/c1-23(21)15-19-10-3-2-8(4-12(10)22-15)5-13-18-11-6-9(16)7-17-14(11)20-13/h2-4,6-7H,5H2,1H3,(H,17,18,20). The number of aromatic amines is 1. The SMILES string of the molecule is CS(=O)c1nc2ccc(Cc3nc4ncc(F)cc4[nH]3)cc2s1. The fourth-order valence-corrected chi connectivity index (χ4v) is 4.11. The van der Waals surface area contributed by atoms with E-state index in [1.165, 1.54) is 17.4 Å². The van der Waals surface area contributed by atoms with Gasteiger partial charge in [0.15, 0.2) is 9.99 Å². The third-order valence-electron chi connectivity index (χ3n) is 3.40. The number of fused-ring (bicyclic) bond motifs is 2. The summed E-state index contributed by atoms with van der Waals surface area (Å²) in [6.45, 7) is 0. The van der Waals surface area contributed by atoms with E-state index in [2.05, 4.69) is 19.9 Å². The predicted molar refractivity (Wildman–Crippen MR) is 88.6 cm³/mol. The summed E-state index contributed by atoms with van der Waals surface area (Å²) >= 11 is 1.43. The minimum absolute atomic E-state index is 0.390. The average molecular weight is 346 g/mol. The molecule has 1 atom stereocenters. The van der Waals surface area contributed by atoms with Crippen LogP contribution >= 0.6 is 11.3 Å². The summed E-state index contributed by atoms with van der Waals surface area (Å²) in [4.78, 5) is 15.8. The van der Waals surface area contributed by atoms with Crippen LogP contribution in [0.15, 0.2) is 34.8 Å². The molecule has 4 rings (SSSR count). The lowest BCUT2D eigenvalue weighted by Gasteiger charge is -1.97. The fourth-order valence-electron chi connectivity index (χ4n) is 2.38. The number of pyridine rings is 1. The van der Waals surface area contributed by atoms with Gasteiger partial charge in [0.2, 0.25) is 0 Å². The maximum atomic E-state index is 13.2. The first-order valence-corrected chi connectivity index (χ1v) is 9.19. The Morgan fingerprint density at radius 1 is 1.30 bits per heavy atom. The Labute approximate surface area is 137 Å². The molecule has 23 heavy (non-hydrogen) atoms. The zero-order valence-electron chi connectivity index (χ0n) is 12.0. The van der Waals surface area contributed by atoms with Crippen LogP contribution in [0.1, 0.15) is 11.4 Å². The predicted octanol–water partition coefficient (Wildman–Crippen LogP) is 3.03. The Kier molecular flexibility index (Phi) is 3.42. The van der Waals surface area contributed by atoms with E-state index in [9.17, 15) is 8.60 Å². The van der Waals surface area contributed by atoms with Gasteiger partial charge in [0.25, 0.3) is 0 Å². The largest absolute Gasteiger partial charge is 0.340 e. The summed E-state index contributed by atoms with van der Waals surface area (Å²) < 4.78 is 26.3. The van der Waals surface area contributed by atoms with Crippen molar-refractivity contribution in [3.8, 4) is 0 Å². The van der Waals surface area contributed by atoms with Gasteiger partial charge in [-0.2, -0.15) is 0 Å². The Morgan fingerprint density at radius 2 is 2.17 bits per heavy atom. The molecule has 1 N–H and O–H groups in total. The van der Waals surface area contributed by atoms with Crippen molar-refractivity contribution >= 4 is 43.5 Å². The zero-order chi connectivity index (χ0) is 16.0. The van der Waals surface area contributed by atoms with E-state index in [1.807, 2.05) is 18.2 Å². The van der Waals surface area contributed by atoms with Crippen LogP contribution in [0.5, 0.6) is 0 Å². The minimum atomic E-state index is -1.07. The van der Waals surface area contributed by atoms with Crippen LogP contribution in [-0.2, 0) is 17.2 Å². The normalized spacial score (nSPS) is 13.0. The number of H-pyrrole nitrogens is 1. The minimum Gasteiger partial charge on any atom is -0.340 e. The van der Waals surface area contributed by atoms with Crippen molar-refractivity contribution in [3.63, 3.8) is 0 Å². The highest BCUT2D eigenvalue weighted by Crippen LogP contribution is 2.26. The van der Waals surface area contributed by atoms with Crippen LogP contribution < -0.4 is 0 Å². The molecule has 8 heteroatoms. The van der Waals surface area contributed by atoms with Gasteiger partial charge in [-0.15, -0.1) is 11.3 Å². The molecule has 116 valence electrons. The highest BCUT2D eigenvalue weighted by Gasteiger charge is 2.10. The number of thiazole rings is 1. The van der Waals surface area contributed by atoms with Crippen molar-refractivity contribution in [2.75, 3.05) is 6.26 Å². The molecule has 0 saturated carbocycles. The molecule has 0 aliphatic rings. The zero-order valence-corrected chi connectivity index (χ0v) is 13.7. The van der Waals surface area contributed by atoms with Crippen LogP contribution in [0.2, 0.25) is 0 Å². The van der Waals surface area contributed by atoms with Crippen molar-refractivity contribution < 1.29 is 8.60 Å². The van der Waals surface area contributed by atoms with Crippen LogP contribution in [0, 0.1) is 5.82 Å². The third-order valence-corrected chi connectivity index (χ3v) is 5.75. The van der Waals surface area contributed by atoms with Gasteiger partial charge in [0.05, 0.1) is 32.7 Å². The van der Waals surface area contributed by atoms with E-state index >= 15 is 0 Å². The van der Waals surface area contributed by atoms with Gasteiger partial charge in [0.1, 0.15) is 11.6 Å². The molecule has 0 amide bonds. The second-order valence-corrected chi connectivity index (χ2v) is 7.70. The van der Waals surface area contributed by atoms with Crippen LogP contribution in [0.25, 0.3) is 21.4 Å². The monoisotopic (exact) mass is 346 g/mol. The van der Waals surface area contributed by atoms with Crippen molar-refractivity contribution in [1.29, 1.82) is 0 Å². The molecule has 3 aromatic heterocycles. The molecule has 3 heterocycles. The van der Waals surface area contributed by atoms with E-state index < -0.39 is 10.8 Å². The number of imidazole rings is 1. The number of hydrogen-bond donors (Lipinski definition) is 1. The molecule has 0 aliphatic carbocycles. The van der Waals surface area contributed by atoms with Gasteiger partial charge >= 0.3 is 0 Å². The van der Waals surface area contributed by atoms with E-state index in [1.54, 1.807) is 6.26 Å². The molecule has 0 radical (unpaired) electrons. The van der Waals surface area contributed by atoms with Crippen molar-refractivity contribution in [1.82, 2.24) is 19.9 Å². The van der Waals surface area contributed by atoms with E-state index in [0.29, 0.717) is 21.9 Å². The topological polar surface area (TPSA) is 71.5 Å². The molecule has 4 aromatic rings. The number of nitrogens with zero attached hydrogens (tertiary/aromatic N) is 3. The lowest BCUT2D eigenvalue weighted by atomic mass is 10.1.